The van der Waals surface area contributed by atoms with E-state index in [1.165, 1.54) is 12.3 Å². The van der Waals surface area contributed by atoms with Gasteiger partial charge in [-0.05, 0) is 12.1 Å². The fourth-order valence-electron chi connectivity index (χ4n) is 0.718. The lowest BCUT2D eigenvalue weighted by Crippen LogP contribution is -2.36. The molecule has 2 amide bonds. The van der Waals surface area contributed by atoms with E-state index in [1.54, 1.807) is 6.07 Å². The molecule has 0 aliphatic heterocycles. The van der Waals surface area contributed by atoms with Gasteiger partial charge >= 0.3 is 0 Å². The van der Waals surface area contributed by atoms with Crippen molar-refractivity contribution in [3.8, 4) is 0 Å². The Morgan fingerprint density at radius 3 is 3.00 bits per heavy atom. The molecule has 0 aliphatic rings. The molecule has 0 unspecified atom stereocenters. The second kappa shape index (κ2) is 4.42. The van der Waals surface area contributed by atoms with Gasteiger partial charge in [0, 0.05) is 6.20 Å². The molecule has 6 heteroatoms. The monoisotopic (exact) mass is 199 g/mol. The second-order valence-electron chi connectivity index (χ2n) is 2.06. The Morgan fingerprint density at radius 2 is 2.38 bits per heavy atom. The normalized spacial score (nSPS) is 9.00. The number of amides is 2. The van der Waals surface area contributed by atoms with Gasteiger partial charge in [0.1, 0.15) is 5.15 Å². The van der Waals surface area contributed by atoms with E-state index in [9.17, 15) is 9.59 Å². The van der Waals surface area contributed by atoms with Crippen LogP contribution >= 0.6 is 11.6 Å². The van der Waals surface area contributed by atoms with Crippen LogP contribution < -0.4 is 10.9 Å². The minimum Gasteiger partial charge on any atom is -0.277 e. The molecule has 1 heterocycles. The van der Waals surface area contributed by atoms with Crippen LogP contribution in [0, 0.1) is 0 Å². The van der Waals surface area contributed by atoms with Crippen molar-refractivity contribution in [2.24, 2.45) is 0 Å². The fourth-order valence-corrected chi connectivity index (χ4v) is 0.923. The Labute approximate surface area is 79.1 Å². The van der Waals surface area contributed by atoms with Gasteiger partial charge in [-0.25, -0.2) is 4.98 Å². The lowest BCUT2D eigenvalue weighted by atomic mass is 10.3. The summed E-state index contributed by atoms with van der Waals surface area (Å²) in [5.74, 6) is -0.509. The van der Waals surface area contributed by atoms with E-state index >= 15 is 0 Å². The highest BCUT2D eigenvalue weighted by molar-refractivity contribution is 6.32. The molecule has 0 fully saturated rings. The van der Waals surface area contributed by atoms with Crippen LogP contribution in [0.4, 0.5) is 0 Å². The lowest BCUT2D eigenvalue weighted by Gasteiger charge is -2.02. The molecule has 1 rings (SSSR count). The van der Waals surface area contributed by atoms with Gasteiger partial charge in [0.15, 0.2) is 0 Å². The van der Waals surface area contributed by atoms with Gasteiger partial charge in [-0.2, -0.15) is 0 Å². The van der Waals surface area contributed by atoms with Gasteiger partial charge in [-0.3, -0.25) is 20.4 Å². The first-order valence-corrected chi connectivity index (χ1v) is 3.73. The van der Waals surface area contributed by atoms with Crippen LogP contribution in [0.15, 0.2) is 18.3 Å². The smallest absolute Gasteiger partial charge is 0.272 e. The number of nitrogens with one attached hydrogen (secondary N) is 2. The predicted molar refractivity (Wildman–Crippen MR) is 45.9 cm³/mol. The summed E-state index contributed by atoms with van der Waals surface area (Å²) in [5, 5.41) is 0.0905. The number of aromatic nitrogens is 1. The number of carbonyl (C=O) groups is 2. The maximum Gasteiger partial charge on any atom is 0.272 e. The van der Waals surface area contributed by atoms with Crippen LogP contribution in [0.1, 0.15) is 10.4 Å². The maximum absolute atomic E-state index is 11.2. The average molecular weight is 200 g/mol. The first-order valence-electron chi connectivity index (χ1n) is 3.35. The SMILES string of the molecule is O=CNNC(=O)c1cccnc1Cl. The molecular formula is C7H6ClN3O2. The summed E-state index contributed by atoms with van der Waals surface area (Å²) in [5.41, 5.74) is 4.32. The Bertz CT molecular complexity index is 329. The Morgan fingerprint density at radius 1 is 1.62 bits per heavy atom. The number of carbonyl (C=O) groups excluding carboxylic acids is 2. The summed E-state index contributed by atoms with van der Waals surface area (Å²) >= 11 is 5.61. The summed E-state index contributed by atoms with van der Waals surface area (Å²) in [6.45, 7) is 0. The van der Waals surface area contributed by atoms with Crippen LogP contribution in [-0.4, -0.2) is 17.3 Å². The van der Waals surface area contributed by atoms with Crippen molar-refractivity contribution in [1.29, 1.82) is 0 Å². The summed E-state index contributed by atoms with van der Waals surface area (Å²) < 4.78 is 0. The van der Waals surface area contributed by atoms with Crippen LogP contribution in [0.25, 0.3) is 0 Å². The summed E-state index contributed by atoms with van der Waals surface area (Å²) in [6, 6.07) is 3.07. The quantitative estimate of drug-likeness (QED) is 0.413. The maximum atomic E-state index is 11.2. The van der Waals surface area contributed by atoms with Crippen molar-refractivity contribution < 1.29 is 9.59 Å². The van der Waals surface area contributed by atoms with E-state index < -0.39 is 5.91 Å². The third-order valence-electron chi connectivity index (χ3n) is 1.25. The van der Waals surface area contributed by atoms with Crippen molar-refractivity contribution in [2.45, 2.75) is 0 Å². The molecule has 0 bridgehead atoms. The highest BCUT2D eigenvalue weighted by Gasteiger charge is 2.08. The third-order valence-corrected chi connectivity index (χ3v) is 1.55. The highest BCUT2D eigenvalue weighted by atomic mass is 35.5. The van der Waals surface area contributed by atoms with Gasteiger partial charge in [-0.15, -0.1) is 0 Å². The largest absolute Gasteiger partial charge is 0.277 e. The minimum absolute atomic E-state index is 0.0905. The van der Waals surface area contributed by atoms with Gasteiger partial charge in [-0.1, -0.05) is 11.6 Å². The molecule has 0 saturated heterocycles. The van der Waals surface area contributed by atoms with Crippen LogP contribution in [0.2, 0.25) is 5.15 Å². The number of rotatable bonds is 3. The predicted octanol–water partition coefficient (Wildman–Crippen LogP) is 0.126. The number of nitrogens with zero attached hydrogens (tertiary/aromatic N) is 1. The molecule has 5 nitrogen and oxygen atoms in total. The Kier molecular flexibility index (Phi) is 3.22. The molecule has 1 aromatic heterocycles. The first kappa shape index (κ1) is 9.47. The average Bonchev–Trinajstić information content (AvgIpc) is 2.15. The molecule has 0 saturated carbocycles. The van der Waals surface area contributed by atoms with Crippen molar-refractivity contribution >= 4 is 23.9 Å². The topological polar surface area (TPSA) is 71.1 Å². The molecule has 0 spiro atoms. The molecule has 0 aromatic carbocycles. The van der Waals surface area contributed by atoms with Crippen molar-refractivity contribution in [2.75, 3.05) is 0 Å². The summed E-state index contributed by atoms with van der Waals surface area (Å²) in [6.07, 6.45) is 1.81. The van der Waals surface area contributed by atoms with Gasteiger partial charge < -0.3 is 0 Å². The minimum atomic E-state index is -0.509. The van der Waals surface area contributed by atoms with Gasteiger partial charge in [0.25, 0.3) is 5.91 Å². The number of hydrogen-bond acceptors (Lipinski definition) is 3. The molecule has 0 aliphatic carbocycles. The zero-order valence-electron chi connectivity index (χ0n) is 6.45. The third kappa shape index (κ3) is 2.41. The number of pyridine rings is 1. The molecular weight excluding hydrogens is 194 g/mol. The van der Waals surface area contributed by atoms with Crippen molar-refractivity contribution in [3.63, 3.8) is 0 Å². The molecule has 13 heavy (non-hydrogen) atoms. The molecule has 0 radical (unpaired) electrons. The van der Waals surface area contributed by atoms with E-state index in [-0.39, 0.29) is 10.7 Å². The van der Waals surface area contributed by atoms with Gasteiger partial charge in [0.05, 0.1) is 5.56 Å². The highest BCUT2D eigenvalue weighted by Crippen LogP contribution is 2.10. The first-order chi connectivity index (χ1) is 6.25. The van der Waals surface area contributed by atoms with Crippen molar-refractivity contribution in [3.05, 3.63) is 29.0 Å². The number of hydrazine groups is 1. The summed E-state index contributed by atoms with van der Waals surface area (Å²) in [7, 11) is 0. The standard InChI is InChI=1S/C7H6ClN3O2/c8-6-5(2-1-3-9-6)7(13)11-10-4-12/h1-4H,(H,10,12)(H,11,13). The van der Waals surface area contributed by atoms with Crippen LogP contribution in [0.3, 0.4) is 0 Å². The van der Waals surface area contributed by atoms with Crippen LogP contribution in [0.5, 0.6) is 0 Å². The van der Waals surface area contributed by atoms with E-state index in [2.05, 4.69) is 10.4 Å². The number of halogens is 1. The molecule has 2 N–H and O–H groups in total. The van der Waals surface area contributed by atoms with E-state index in [1.807, 2.05) is 5.43 Å². The van der Waals surface area contributed by atoms with Crippen molar-refractivity contribution in [1.82, 2.24) is 15.8 Å². The second-order valence-corrected chi connectivity index (χ2v) is 2.42. The zero-order valence-corrected chi connectivity index (χ0v) is 7.21. The fraction of sp³-hybridized carbons (Fsp3) is 0. The van der Waals surface area contributed by atoms with E-state index in [4.69, 9.17) is 11.6 Å². The van der Waals surface area contributed by atoms with Crippen LogP contribution in [-0.2, 0) is 4.79 Å². The van der Waals surface area contributed by atoms with Gasteiger partial charge in [0.2, 0.25) is 6.41 Å². The lowest BCUT2D eigenvalue weighted by molar-refractivity contribution is -0.110. The molecule has 1 aromatic rings. The van der Waals surface area contributed by atoms with E-state index in [0.717, 1.165) is 0 Å². The number of hydrogen-bond donors (Lipinski definition) is 2. The molecule has 0 atom stereocenters. The van der Waals surface area contributed by atoms with E-state index in [0.29, 0.717) is 6.41 Å². The summed E-state index contributed by atoms with van der Waals surface area (Å²) in [4.78, 5) is 24.7. The molecule has 68 valence electrons. The Balaban J connectivity index is 2.76. The Hall–Kier alpha value is -1.62. The zero-order chi connectivity index (χ0) is 9.68.